The Balaban J connectivity index is 1.44. The molecule has 0 radical (unpaired) electrons. The van der Waals surface area contributed by atoms with E-state index < -0.39 is 0 Å². The molecule has 1 unspecified atom stereocenters. The number of amides is 1. The Hall–Kier alpha value is -2.51. The van der Waals surface area contributed by atoms with Crippen LogP contribution >= 0.6 is 23.4 Å². The minimum atomic E-state index is -0.316. The molecule has 156 valence electrons. The van der Waals surface area contributed by atoms with Gasteiger partial charge in [0.2, 0.25) is 5.91 Å². The minimum absolute atomic E-state index is 0.0616. The van der Waals surface area contributed by atoms with Crippen LogP contribution in [0.1, 0.15) is 37.2 Å². The monoisotopic (exact) mass is 442 g/mol. The van der Waals surface area contributed by atoms with Crippen LogP contribution < -0.4 is 10.1 Å². The molecule has 3 aromatic rings. The molecule has 6 nitrogen and oxygen atoms in total. The zero-order valence-corrected chi connectivity index (χ0v) is 18.4. The number of nitrogens with one attached hydrogen (secondary N) is 1. The van der Waals surface area contributed by atoms with Crippen LogP contribution in [-0.4, -0.2) is 25.9 Å². The van der Waals surface area contributed by atoms with E-state index in [4.69, 9.17) is 16.3 Å². The predicted octanol–water partition coefficient (Wildman–Crippen LogP) is 5.27. The average Bonchev–Trinajstić information content (AvgIpc) is 3.50. The second kappa shape index (κ2) is 9.10. The number of rotatable bonds is 8. The molecule has 1 aliphatic rings. The molecule has 0 saturated heterocycles. The first-order valence-corrected chi connectivity index (χ1v) is 11.1. The van der Waals surface area contributed by atoms with Crippen LogP contribution in [0.2, 0.25) is 5.02 Å². The van der Waals surface area contributed by atoms with Crippen molar-refractivity contribution in [2.45, 2.75) is 49.7 Å². The highest BCUT2D eigenvalue weighted by molar-refractivity contribution is 8.00. The third-order valence-corrected chi connectivity index (χ3v) is 6.26. The summed E-state index contributed by atoms with van der Waals surface area (Å²) in [6.45, 7) is 4.13. The molecule has 1 aliphatic carbocycles. The number of carbonyl (C=O) groups is 1. The maximum absolute atomic E-state index is 12.7. The topological polar surface area (TPSA) is 69.0 Å². The quantitative estimate of drug-likeness (QED) is 0.481. The lowest BCUT2D eigenvalue weighted by Crippen LogP contribution is -2.23. The van der Waals surface area contributed by atoms with Crippen molar-refractivity contribution in [1.82, 2.24) is 14.8 Å². The Morgan fingerprint density at radius 3 is 2.70 bits per heavy atom. The van der Waals surface area contributed by atoms with Crippen molar-refractivity contribution in [3.8, 4) is 5.75 Å². The fourth-order valence-corrected chi connectivity index (χ4v) is 4.18. The van der Waals surface area contributed by atoms with Crippen molar-refractivity contribution in [2.75, 3.05) is 5.32 Å². The molecular formula is C22H23ClN4O2S. The summed E-state index contributed by atoms with van der Waals surface area (Å²) in [7, 11) is 0. The fraction of sp³-hybridized carbons (Fsp3) is 0.318. The van der Waals surface area contributed by atoms with E-state index in [9.17, 15) is 4.79 Å². The minimum Gasteiger partial charge on any atom is -0.484 e. The maximum atomic E-state index is 12.7. The molecule has 1 atom stereocenters. The molecule has 0 aliphatic heterocycles. The van der Waals surface area contributed by atoms with Gasteiger partial charge >= 0.3 is 0 Å². The Morgan fingerprint density at radius 1 is 1.23 bits per heavy atom. The second-order valence-corrected chi connectivity index (χ2v) is 9.00. The number of thioether (sulfide) groups is 1. The molecule has 2 aromatic carbocycles. The van der Waals surface area contributed by atoms with Crippen LogP contribution in [0.4, 0.5) is 5.69 Å². The fourth-order valence-electron chi connectivity index (χ4n) is 3.05. The van der Waals surface area contributed by atoms with Gasteiger partial charge in [-0.15, -0.1) is 10.2 Å². The van der Waals surface area contributed by atoms with E-state index in [1.165, 1.54) is 11.8 Å². The molecule has 30 heavy (non-hydrogen) atoms. The summed E-state index contributed by atoms with van der Waals surface area (Å²) >= 11 is 7.59. The molecule has 1 aromatic heterocycles. The van der Waals surface area contributed by atoms with Crippen LogP contribution in [0.15, 0.2) is 53.7 Å². The van der Waals surface area contributed by atoms with Crippen LogP contribution in [0.3, 0.4) is 0 Å². The third kappa shape index (κ3) is 4.79. The molecule has 0 bridgehead atoms. The van der Waals surface area contributed by atoms with Crippen LogP contribution in [0, 0.1) is 6.92 Å². The Labute approximate surface area is 185 Å². The zero-order chi connectivity index (χ0) is 21.1. The van der Waals surface area contributed by atoms with Crippen molar-refractivity contribution in [3.05, 3.63) is 64.9 Å². The molecule has 4 rings (SSSR count). The maximum Gasteiger partial charge on any atom is 0.237 e. The lowest BCUT2D eigenvalue weighted by Gasteiger charge is -2.14. The van der Waals surface area contributed by atoms with Crippen molar-refractivity contribution in [2.24, 2.45) is 0 Å². The largest absolute Gasteiger partial charge is 0.484 e. The molecule has 1 amide bonds. The summed E-state index contributed by atoms with van der Waals surface area (Å²) in [6, 6.07) is 15.5. The standard InChI is InChI=1S/C22H23ClN4O2S/c1-14-7-3-5-9-18(14)24-21(28)15(2)30-22-26-25-20(27(22)16-11-12-16)13-29-19-10-6-4-8-17(19)23/h3-10,15-16H,11-13H2,1-2H3,(H,24,28). The number of para-hydroxylation sites is 2. The summed E-state index contributed by atoms with van der Waals surface area (Å²) in [5.74, 6) is 1.30. The molecule has 0 spiro atoms. The smallest absolute Gasteiger partial charge is 0.237 e. The summed E-state index contributed by atoms with van der Waals surface area (Å²) in [5.41, 5.74) is 1.86. The number of ether oxygens (including phenoxy) is 1. The van der Waals surface area contributed by atoms with Gasteiger partial charge in [0.25, 0.3) is 0 Å². The average molecular weight is 443 g/mol. The van der Waals surface area contributed by atoms with E-state index >= 15 is 0 Å². The second-order valence-electron chi connectivity index (χ2n) is 7.28. The Kier molecular flexibility index (Phi) is 6.29. The number of nitrogens with zero attached hydrogens (tertiary/aromatic N) is 3. The van der Waals surface area contributed by atoms with Gasteiger partial charge < -0.3 is 10.1 Å². The van der Waals surface area contributed by atoms with Gasteiger partial charge in [-0.3, -0.25) is 9.36 Å². The molecule has 1 fully saturated rings. The summed E-state index contributed by atoms with van der Waals surface area (Å²) in [6.07, 6.45) is 2.16. The van der Waals surface area contributed by atoms with Gasteiger partial charge in [-0.1, -0.05) is 53.7 Å². The van der Waals surface area contributed by atoms with E-state index in [2.05, 4.69) is 20.1 Å². The van der Waals surface area contributed by atoms with Gasteiger partial charge in [0, 0.05) is 11.7 Å². The lowest BCUT2D eigenvalue weighted by molar-refractivity contribution is -0.115. The van der Waals surface area contributed by atoms with E-state index in [0.29, 0.717) is 16.8 Å². The summed E-state index contributed by atoms with van der Waals surface area (Å²) in [5, 5.41) is 12.6. The van der Waals surface area contributed by atoms with Gasteiger partial charge in [-0.05, 0) is 50.5 Å². The van der Waals surface area contributed by atoms with Gasteiger partial charge in [-0.2, -0.15) is 0 Å². The van der Waals surface area contributed by atoms with Crippen molar-refractivity contribution in [1.29, 1.82) is 0 Å². The number of hydrogen-bond acceptors (Lipinski definition) is 5. The van der Waals surface area contributed by atoms with Crippen molar-refractivity contribution in [3.63, 3.8) is 0 Å². The molecular weight excluding hydrogens is 420 g/mol. The van der Waals surface area contributed by atoms with Crippen LogP contribution in [0.25, 0.3) is 0 Å². The summed E-state index contributed by atoms with van der Waals surface area (Å²) < 4.78 is 7.95. The predicted molar refractivity (Wildman–Crippen MR) is 119 cm³/mol. The SMILES string of the molecule is Cc1ccccc1NC(=O)C(C)Sc1nnc(COc2ccccc2Cl)n1C1CC1. The van der Waals surface area contributed by atoms with Crippen molar-refractivity contribution < 1.29 is 9.53 Å². The molecule has 1 heterocycles. The third-order valence-electron chi connectivity index (χ3n) is 4.89. The number of benzene rings is 2. The molecule has 1 saturated carbocycles. The Morgan fingerprint density at radius 2 is 1.97 bits per heavy atom. The number of carbonyl (C=O) groups excluding carboxylic acids is 1. The van der Waals surface area contributed by atoms with E-state index in [1.807, 2.05) is 56.3 Å². The van der Waals surface area contributed by atoms with Crippen LogP contribution in [0.5, 0.6) is 5.75 Å². The summed E-state index contributed by atoms with van der Waals surface area (Å²) in [4.78, 5) is 12.7. The molecule has 8 heteroatoms. The number of halogens is 1. The highest BCUT2D eigenvalue weighted by Gasteiger charge is 2.31. The number of anilines is 1. The zero-order valence-electron chi connectivity index (χ0n) is 16.8. The highest BCUT2D eigenvalue weighted by Crippen LogP contribution is 2.40. The first-order valence-electron chi connectivity index (χ1n) is 9.87. The Bertz CT molecular complexity index is 1050. The number of aryl methyl sites for hydroxylation is 1. The van der Waals surface area contributed by atoms with Gasteiger partial charge in [0.1, 0.15) is 12.4 Å². The number of hydrogen-bond donors (Lipinski definition) is 1. The normalized spacial score (nSPS) is 14.4. The first-order chi connectivity index (χ1) is 14.5. The lowest BCUT2D eigenvalue weighted by atomic mass is 10.2. The van der Waals surface area contributed by atoms with Gasteiger partial charge in [-0.25, -0.2) is 0 Å². The van der Waals surface area contributed by atoms with Gasteiger partial charge in [0.05, 0.1) is 10.3 Å². The first kappa shape index (κ1) is 20.8. The van der Waals surface area contributed by atoms with Gasteiger partial charge in [0.15, 0.2) is 11.0 Å². The highest BCUT2D eigenvalue weighted by atomic mass is 35.5. The number of aromatic nitrogens is 3. The van der Waals surface area contributed by atoms with E-state index in [-0.39, 0.29) is 17.8 Å². The van der Waals surface area contributed by atoms with E-state index in [1.54, 1.807) is 6.07 Å². The van der Waals surface area contributed by atoms with E-state index in [0.717, 1.165) is 35.1 Å². The molecule has 1 N–H and O–H groups in total. The van der Waals surface area contributed by atoms with Crippen LogP contribution in [-0.2, 0) is 11.4 Å². The van der Waals surface area contributed by atoms with Crippen molar-refractivity contribution >= 4 is 35.0 Å².